The van der Waals surface area contributed by atoms with Crippen LogP contribution in [0, 0.1) is 6.92 Å². The van der Waals surface area contributed by atoms with Crippen LogP contribution in [-0.2, 0) is 4.74 Å². The Morgan fingerprint density at radius 3 is 2.50 bits per heavy atom. The van der Waals surface area contributed by atoms with Gasteiger partial charge in [0.2, 0.25) is 0 Å². The maximum atomic E-state index is 11.9. The molecule has 4 nitrogen and oxygen atoms in total. The van der Waals surface area contributed by atoms with Crippen molar-refractivity contribution in [2.24, 2.45) is 0 Å². The van der Waals surface area contributed by atoms with Gasteiger partial charge in [-0.15, -0.1) is 0 Å². The first-order chi connectivity index (χ1) is 12.7. The number of ether oxygens (including phenoxy) is 1. The van der Waals surface area contributed by atoms with Gasteiger partial charge in [0.15, 0.2) is 0 Å². The summed E-state index contributed by atoms with van der Waals surface area (Å²) in [4.78, 5) is 16.9. The van der Waals surface area contributed by atoms with Gasteiger partial charge in [-0.25, -0.2) is 4.79 Å². The Hall–Kier alpha value is -2.33. The van der Waals surface area contributed by atoms with Crippen molar-refractivity contribution in [2.45, 2.75) is 25.9 Å². The Kier molecular flexibility index (Phi) is 4.93. The highest BCUT2D eigenvalue weighted by atomic mass is 16.5. The molecule has 136 valence electrons. The summed E-state index contributed by atoms with van der Waals surface area (Å²) in [6.45, 7) is 7.53. The maximum Gasteiger partial charge on any atom is 0.339 e. The molecule has 4 rings (SSSR count). The minimum Gasteiger partial charge on any atom is -0.454 e. The first-order valence-electron chi connectivity index (χ1n) is 9.54. The summed E-state index contributed by atoms with van der Waals surface area (Å²) in [7, 11) is 0. The second kappa shape index (κ2) is 7.50. The molecule has 0 amide bonds. The number of benzene rings is 2. The first kappa shape index (κ1) is 17.1. The SMILES string of the molecule is Cc1ccc(N2CCN(CCCC3OC(=O)c4ccccc43)CC2)cc1. The fourth-order valence-corrected chi connectivity index (χ4v) is 3.92. The summed E-state index contributed by atoms with van der Waals surface area (Å²) in [5, 5.41) is 0. The van der Waals surface area contributed by atoms with Crippen LogP contribution >= 0.6 is 0 Å². The lowest BCUT2D eigenvalue weighted by Crippen LogP contribution is -2.46. The monoisotopic (exact) mass is 350 g/mol. The van der Waals surface area contributed by atoms with Gasteiger partial charge in [-0.2, -0.15) is 0 Å². The van der Waals surface area contributed by atoms with Crippen molar-refractivity contribution in [1.82, 2.24) is 4.90 Å². The van der Waals surface area contributed by atoms with Gasteiger partial charge in [0.05, 0.1) is 5.56 Å². The number of nitrogens with zero attached hydrogens (tertiary/aromatic N) is 2. The van der Waals surface area contributed by atoms with Crippen LogP contribution in [0.15, 0.2) is 48.5 Å². The highest BCUT2D eigenvalue weighted by Crippen LogP contribution is 2.33. The van der Waals surface area contributed by atoms with E-state index in [0.717, 1.165) is 56.7 Å². The molecule has 0 aliphatic carbocycles. The van der Waals surface area contributed by atoms with Crippen LogP contribution in [-0.4, -0.2) is 43.6 Å². The van der Waals surface area contributed by atoms with E-state index in [1.807, 2.05) is 24.3 Å². The predicted molar refractivity (Wildman–Crippen MR) is 104 cm³/mol. The smallest absolute Gasteiger partial charge is 0.339 e. The number of hydrogen-bond donors (Lipinski definition) is 0. The Labute approximate surface area is 155 Å². The van der Waals surface area contributed by atoms with Gasteiger partial charge in [0.25, 0.3) is 0 Å². The molecule has 1 unspecified atom stereocenters. The van der Waals surface area contributed by atoms with Gasteiger partial charge >= 0.3 is 5.97 Å². The van der Waals surface area contributed by atoms with Crippen molar-refractivity contribution in [2.75, 3.05) is 37.6 Å². The Bertz CT molecular complexity index is 764. The molecule has 1 saturated heterocycles. The molecular formula is C22H26N2O2. The Morgan fingerprint density at radius 1 is 1.00 bits per heavy atom. The number of cyclic esters (lactones) is 1. The largest absolute Gasteiger partial charge is 0.454 e. The zero-order valence-corrected chi connectivity index (χ0v) is 15.4. The average molecular weight is 350 g/mol. The van der Waals surface area contributed by atoms with E-state index in [-0.39, 0.29) is 12.1 Å². The number of piperazine rings is 1. The van der Waals surface area contributed by atoms with Crippen molar-refractivity contribution in [3.63, 3.8) is 0 Å². The van der Waals surface area contributed by atoms with E-state index in [4.69, 9.17) is 4.74 Å². The Balaban J connectivity index is 1.23. The molecule has 0 aromatic heterocycles. The number of anilines is 1. The van der Waals surface area contributed by atoms with E-state index in [1.165, 1.54) is 11.3 Å². The van der Waals surface area contributed by atoms with Crippen LogP contribution < -0.4 is 4.90 Å². The van der Waals surface area contributed by atoms with Gasteiger partial charge < -0.3 is 9.64 Å². The molecule has 2 heterocycles. The average Bonchev–Trinajstić information content (AvgIpc) is 2.99. The second-order valence-corrected chi connectivity index (χ2v) is 7.29. The molecule has 1 atom stereocenters. The number of esters is 1. The quantitative estimate of drug-likeness (QED) is 0.768. The number of aryl methyl sites for hydroxylation is 1. The van der Waals surface area contributed by atoms with Crippen molar-refractivity contribution < 1.29 is 9.53 Å². The summed E-state index contributed by atoms with van der Waals surface area (Å²) in [6.07, 6.45) is 1.89. The van der Waals surface area contributed by atoms with E-state index in [0.29, 0.717) is 0 Å². The maximum absolute atomic E-state index is 11.9. The third-order valence-corrected chi connectivity index (χ3v) is 5.49. The fourth-order valence-electron chi connectivity index (χ4n) is 3.92. The van der Waals surface area contributed by atoms with Crippen LogP contribution in [0.2, 0.25) is 0 Å². The predicted octanol–water partition coefficient (Wildman–Crippen LogP) is 3.81. The Morgan fingerprint density at radius 2 is 1.73 bits per heavy atom. The molecule has 0 radical (unpaired) electrons. The van der Waals surface area contributed by atoms with Gasteiger partial charge in [0.1, 0.15) is 6.10 Å². The molecule has 0 N–H and O–H groups in total. The van der Waals surface area contributed by atoms with E-state index in [9.17, 15) is 4.79 Å². The highest BCUT2D eigenvalue weighted by molar-refractivity contribution is 5.93. The fraction of sp³-hybridized carbons (Fsp3) is 0.409. The molecular weight excluding hydrogens is 324 g/mol. The minimum absolute atomic E-state index is 0.0625. The van der Waals surface area contributed by atoms with Crippen molar-refractivity contribution in [1.29, 1.82) is 0 Å². The van der Waals surface area contributed by atoms with Crippen molar-refractivity contribution in [3.05, 3.63) is 65.2 Å². The first-order valence-corrected chi connectivity index (χ1v) is 9.54. The van der Waals surface area contributed by atoms with Crippen LogP contribution in [0.1, 0.15) is 40.4 Å². The number of carbonyl (C=O) groups is 1. The minimum atomic E-state index is -0.169. The van der Waals surface area contributed by atoms with Gasteiger partial charge in [-0.1, -0.05) is 35.9 Å². The molecule has 2 aliphatic rings. The van der Waals surface area contributed by atoms with Crippen LogP contribution in [0.3, 0.4) is 0 Å². The lowest BCUT2D eigenvalue weighted by Gasteiger charge is -2.36. The summed E-state index contributed by atoms with van der Waals surface area (Å²) >= 11 is 0. The zero-order valence-electron chi connectivity index (χ0n) is 15.4. The van der Waals surface area contributed by atoms with E-state index in [2.05, 4.69) is 41.0 Å². The molecule has 2 aromatic rings. The summed E-state index contributed by atoms with van der Waals surface area (Å²) in [5.74, 6) is -0.169. The molecule has 2 aliphatic heterocycles. The zero-order chi connectivity index (χ0) is 17.9. The van der Waals surface area contributed by atoms with Crippen LogP contribution in [0.25, 0.3) is 0 Å². The molecule has 0 saturated carbocycles. The standard InChI is InChI=1S/C22H26N2O2/c1-17-8-10-18(11-9-17)24-15-13-23(14-16-24)12-4-7-21-19-5-2-3-6-20(19)22(25)26-21/h2-3,5-6,8-11,21H,4,7,12-16H2,1H3. The van der Waals surface area contributed by atoms with Gasteiger partial charge in [-0.05, 0) is 44.5 Å². The van der Waals surface area contributed by atoms with Crippen molar-refractivity contribution in [3.8, 4) is 0 Å². The molecule has 0 spiro atoms. The third-order valence-electron chi connectivity index (χ3n) is 5.49. The van der Waals surface area contributed by atoms with Gasteiger partial charge in [-0.3, -0.25) is 4.90 Å². The number of carbonyl (C=O) groups excluding carboxylic acids is 1. The van der Waals surface area contributed by atoms with Gasteiger partial charge in [0, 0.05) is 37.4 Å². The lowest BCUT2D eigenvalue weighted by atomic mass is 10.0. The summed E-state index contributed by atoms with van der Waals surface area (Å²) in [5.41, 5.74) is 4.43. The van der Waals surface area contributed by atoms with E-state index in [1.54, 1.807) is 0 Å². The van der Waals surface area contributed by atoms with Crippen LogP contribution in [0.4, 0.5) is 5.69 Å². The summed E-state index contributed by atoms with van der Waals surface area (Å²) in [6, 6.07) is 16.6. The molecule has 2 aromatic carbocycles. The third kappa shape index (κ3) is 3.61. The van der Waals surface area contributed by atoms with Crippen LogP contribution in [0.5, 0.6) is 0 Å². The number of rotatable bonds is 5. The molecule has 4 heteroatoms. The van der Waals surface area contributed by atoms with E-state index < -0.39 is 0 Å². The number of fused-ring (bicyclic) bond motifs is 1. The summed E-state index contributed by atoms with van der Waals surface area (Å²) < 4.78 is 5.54. The molecule has 0 bridgehead atoms. The second-order valence-electron chi connectivity index (χ2n) is 7.29. The molecule has 1 fully saturated rings. The number of hydrogen-bond acceptors (Lipinski definition) is 4. The van der Waals surface area contributed by atoms with Crippen molar-refractivity contribution >= 4 is 11.7 Å². The normalized spacial score (nSPS) is 20.1. The lowest BCUT2D eigenvalue weighted by molar-refractivity contribution is 0.0358. The topological polar surface area (TPSA) is 32.8 Å². The molecule has 26 heavy (non-hydrogen) atoms. The van der Waals surface area contributed by atoms with E-state index >= 15 is 0 Å². The highest BCUT2D eigenvalue weighted by Gasteiger charge is 2.30.